The van der Waals surface area contributed by atoms with Crippen molar-refractivity contribution >= 4 is 17.6 Å². The molecule has 170 valence electrons. The SMILES string of the molecule is CN1CC2(CCC(N3CCN(c4cc(F)cnc4/C(N)=C/C=NC(C)(C)C)CC3)C2)C1. The van der Waals surface area contributed by atoms with Gasteiger partial charge in [0.25, 0.3) is 0 Å². The van der Waals surface area contributed by atoms with Crippen molar-refractivity contribution < 1.29 is 4.39 Å². The van der Waals surface area contributed by atoms with Gasteiger partial charge in [0.2, 0.25) is 0 Å². The number of pyridine rings is 1. The minimum Gasteiger partial charge on any atom is -0.397 e. The van der Waals surface area contributed by atoms with Gasteiger partial charge >= 0.3 is 0 Å². The van der Waals surface area contributed by atoms with Gasteiger partial charge in [0.05, 0.1) is 23.1 Å². The number of hydrogen-bond acceptors (Lipinski definition) is 6. The molecular formula is C24H37FN6. The van der Waals surface area contributed by atoms with Crippen LogP contribution in [0.3, 0.4) is 0 Å². The van der Waals surface area contributed by atoms with Gasteiger partial charge in [0, 0.05) is 57.6 Å². The van der Waals surface area contributed by atoms with E-state index in [0.29, 0.717) is 22.8 Å². The molecule has 31 heavy (non-hydrogen) atoms. The van der Waals surface area contributed by atoms with Gasteiger partial charge in [-0.2, -0.15) is 0 Å². The summed E-state index contributed by atoms with van der Waals surface area (Å²) in [5.74, 6) is -0.329. The Hall–Kier alpha value is -1.99. The maximum Gasteiger partial charge on any atom is 0.143 e. The number of nitrogens with zero attached hydrogens (tertiary/aromatic N) is 5. The molecule has 6 nitrogen and oxygen atoms in total. The monoisotopic (exact) mass is 428 g/mol. The van der Waals surface area contributed by atoms with E-state index in [2.05, 4.69) is 31.7 Å². The number of aliphatic imine (C=N–C) groups is 1. The molecule has 1 aromatic rings. The average Bonchev–Trinajstić information content (AvgIpc) is 3.12. The van der Waals surface area contributed by atoms with Gasteiger partial charge in [-0.15, -0.1) is 0 Å². The van der Waals surface area contributed by atoms with Gasteiger partial charge < -0.3 is 15.5 Å². The van der Waals surface area contributed by atoms with Crippen LogP contribution in [0.2, 0.25) is 0 Å². The number of rotatable bonds is 4. The first-order chi connectivity index (χ1) is 14.6. The van der Waals surface area contributed by atoms with E-state index in [1.54, 1.807) is 18.4 Å². The molecule has 1 spiro atoms. The lowest BCUT2D eigenvalue weighted by molar-refractivity contribution is 0.0204. The summed E-state index contributed by atoms with van der Waals surface area (Å²) in [7, 11) is 2.22. The van der Waals surface area contributed by atoms with Crippen LogP contribution in [0, 0.1) is 11.2 Å². The molecule has 3 fully saturated rings. The first kappa shape index (κ1) is 22.2. The third kappa shape index (κ3) is 5.09. The molecule has 2 N–H and O–H groups in total. The third-order valence-corrected chi connectivity index (χ3v) is 6.88. The summed E-state index contributed by atoms with van der Waals surface area (Å²) >= 11 is 0. The summed E-state index contributed by atoms with van der Waals surface area (Å²) in [6, 6.07) is 2.26. The Labute approximate surface area is 186 Å². The van der Waals surface area contributed by atoms with Crippen LogP contribution in [0.4, 0.5) is 10.1 Å². The number of likely N-dealkylation sites (tertiary alicyclic amines) is 1. The Morgan fingerprint density at radius 1 is 1.26 bits per heavy atom. The highest BCUT2D eigenvalue weighted by molar-refractivity contribution is 5.85. The Morgan fingerprint density at radius 3 is 2.61 bits per heavy atom. The van der Waals surface area contributed by atoms with Crippen molar-refractivity contribution in [2.24, 2.45) is 16.1 Å². The lowest BCUT2D eigenvalue weighted by Crippen LogP contribution is -2.54. The number of allylic oxidation sites excluding steroid dienone is 1. The van der Waals surface area contributed by atoms with E-state index in [1.807, 2.05) is 20.8 Å². The van der Waals surface area contributed by atoms with Crippen LogP contribution in [0.15, 0.2) is 23.3 Å². The molecule has 2 saturated heterocycles. The topological polar surface area (TPSA) is 61.0 Å². The maximum atomic E-state index is 14.1. The lowest BCUT2D eigenvalue weighted by atomic mass is 9.78. The molecule has 7 heteroatoms. The molecule has 1 atom stereocenters. The number of anilines is 1. The molecule has 1 aromatic heterocycles. The predicted octanol–water partition coefficient (Wildman–Crippen LogP) is 3.00. The average molecular weight is 429 g/mol. The molecule has 0 radical (unpaired) electrons. The molecular weight excluding hydrogens is 391 g/mol. The summed E-state index contributed by atoms with van der Waals surface area (Å²) < 4.78 is 14.1. The fraction of sp³-hybridized carbons (Fsp3) is 0.667. The quantitative estimate of drug-likeness (QED) is 0.747. The fourth-order valence-corrected chi connectivity index (χ4v) is 5.51. The molecule has 3 heterocycles. The molecule has 1 aliphatic carbocycles. The Bertz CT molecular complexity index is 844. The van der Waals surface area contributed by atoms with Crippen LogP contribution in [0.1, 0.15) is 45.7 Å². The minimum absolute atomic E-state index is 0.167. The van der Waals surface area contributed by atoms with Crippen molar-refractivity contribution in [2.45, 2.75) is 51.6 Å². The number of piperazine rings is 1. The zero-order chi connectivity index (χ0) is 22.2. The van der Waals surface area contributed by atoms with Crippen LogP contribution in [-0.4, -0.2) is 78.9 Å². The second-order valence-electron chi connectivity index (χ2n) is 10.7. The zero-order valence-corrected chi connectivity index (χ0v) is 19.4. The molecule has 0 aromatic carbocycles. The zero-order valence-electron chi connectivity index (χ0n) is 19.4. The van der Waals surface area contributed by atoms with Crippen molar-refractivity contribution in [3.8, 4) is 0 Å². The molecule has 0 bridgehead atoms. The van der Waals surface area contributed by atoms with Crippen molar-refractivity contribution in [1.82, 2.24) is 14.8 Å². The Kier molecular flexibility index (Phi) is 6.10. The first-order valence-corrected chi connectivity index (χ1v) is 11.5. The summed E-state index contributed by atoms with van der Waals surface area (Å²) in [6.45, 7) is 12.3. The van der Waals surface area contributed by atoms with Crippen LogP contribution >= 0.6 is 0 Å². The minimum atomic E-state index is -0.329. The second-order valence-corrected chi connectivity index (χ2v) is 10.7. The Balaban J connectivity index is 1.42. The molecule has 0 amide bonds. The van der Waals surface area contributed by atoms with E-state index in [4.69, 9.17) is 5.73 Å². The van der Waals surface area contributed by atoms with E-state index in [-0.39, 0.29) is 11.4 Å². The van der Waals surface area contributed by atoms with E-state index < -0.39 is 0 Å². The summed E-state index contributed by atoms with van der Waals surface area (Å²) in [6.07, 6.45) is 8.72. The number of halogens is 1. The fourth-order valence-electron chi connectivity index (χ4n) is 5.51. The lowest BCUT2D eigenvalue weighted by Gasteiger charge is -2.47. The largest absolute Gasteiger partial charge is 0.397 e. The van der Waals surface area contributed by atoms with Crippen LogP contribution in [-0.2, 0) is 0 Å². The second kappa shape index (κ2) is 8.51. The Morgan fingerprint density at radius 2 is 1.97 bits per heavy atom. The molecule has 3 aliphatic rings. The number of aromatic nitrogens is 1. The van der Waals surface area contributed by atoms with Crippen molar-refractivity contribution in [1.29, 1.82) is 0 Å². The number of hydrogen-bond donors (Lipinski definition) is 1. The third-order valence-electron chi connectivity index (χ3n) is 6.88. The van der Waals surface area contributed by atoms with Gasteiger partial charge in [-0.05, 0) is 58.6 Å². The molecule has 1 unspecified atom stereocenters. The predicted molar refractivity (Wildman–Crippen MR) is 126 cm³/mol. The summed E-state index contributed by atoms with van der Waals surface area (Å²) in [5.41, 5.74) is 8.64. The summed E-state index contributed by atoms with van der Waals surface area (Å²) in [4.78, 5) is 16.1. The highest BCUT2D eigenvalue weighted by Gasteiger charge is 2.48. The standard InChI is InChI=1S/C24H37FN6/c1-23(2,3)28-8-6-20(26)22-21(13-18(25)15-27-22)31-11-9-30(10-12-31)19-5-7-24(14-19)16-29(4)17-24/h6,8,13,15,19H,5,7,9-12,14,16-17,26H2,1-4H3/b20-6-,28-8?. The first-order valence-electron chi connectivity index (χ1n) is 11.5. The normalized spacial score (nSPS) is 25.5. The molecule has 4 rings (SSSR count). The van der Waals surface area contributed by atoms with Crippen molar-refractivity contribution in [3.05, 3.63) is 29.9 Å². The van der Waals surface area contributed by atoms with Crippen molar-refractivity contribution in [2.75, 3.05) is 51.2 Å². The smallest absolute Gasteiger partial charge is 0.143 e. The van der Waals surface area contributed by atoms with E-state index >= 15 is 0 Å². The van der Waals surface area contributed by atoms with E-state index in [0.717, 1.165) is 31.9 Å². The number of nitrogens with two attached hydrogens (primary N) is 1. The van der Waals surface area contributed by atoms with E-state index in [1.165, 1.54) is 38.5 Å². The van der Waals surface area contributed by atoms with Gasteiger partial charge in [-0.25, -0.2) is 9.37 Å². The maximum absolute atomic E-state index is 14.1. The van der Waals surface area contributed by atoms with Crippen LogP contribution < -0.4 is 10.6 Å². The highest BCUT2D eigenvalue weighted by Crippen LogP contribution is 2.46. The highest BCUT2D eigenvalue weighted by atomic mass is 19.1. The molecule has 1 saturated carbocycles. The van der Waals surface area contributed by atoms with Crippen LogP contribution in [0.5, 0.6) is 0 Å². The van der Waals surface area contributed by atoms with Gasteiger partial charge in [0.15, 0.2) is 0 Å². The van der Waals surface area contributed by atoms with Crippen molar-refractivity contribution in [3.63, 3.8) is 0 Å². The summed E-state index contributed by atoms with van der Waals surface area (Å²) in [5, 5.41) is 0. The van der Waals surface area contributed by atoms with E-state index in [9.17, 15) is 4.39 Å². The molecule has 2 aliphatic heterocycles. The van der Waals surface area contributed by atoms with Gasteiger partial charge in [0.1, 0.15) is 11.5 Å². The van der Waals surface area contributed by atoms with Gasteiger partial charge in [-0.1, -0.05) is 0 Å². The van der Waals surface area contributed by atoms with Crippen LogP contribution in [0.25, 0.3) is 5.70 Å². The van der Waals surface area contributed by atoms with Gasteiger partial charge in [-0.3, -0.25) is 9.89 Å².